The molecule has 0 unspecified atom stereocenters. The first-order valence-corrected chi connectivity index (χ1v) is 10.2. The molecule has 0 aliphatic carbocycles. The third-order valence-electron chi connectivity index (χ3n) is 4.73. The molecule has 0 saturated heterocycles. The van der Waals surface area contributed by atoms with Crippen LogP contribution in [0.15, 0.2) is 110 Å². The van der Waals surface area contributed by atoms with Gasteiger partial charge in [0.1, 0.15) is 17.2 Å². The first kappa shape index (κ1) is 24.5. The molecular weight excluding hydrogens is 441 g/mol. The van der Waals surface area contributed by atoms with Gasteiger partial charge in [-0.3, -0.25) is 15.0 Å². The van der Waals surface area contributed by atoms with Crippen molar-refractivity contribution in [3.63, 3.8) is 0 Å². The monoisotopic (exact) mass is 462 g/mol. The summed E-state index contributed by atoms with van der Waals surface area (Å²) in [6.07, 6.45) is 4.34. The summed E-state index contributed by atoms with van der Waals surface area (Å²) in [6, 6.07) is 28.1. The van der Waals surface area contributed by atoms with Crippen molar-refractivity contribution in [1.82, 2.24) is 15.0 Å². The molecule has 0 spiro atoms. The van der Waals surface area contributed by atoms with Crippen LogP contribution in [0.4, 0.5) is 0 Å². The molecule has 0 atom stereocenters. The second-order valence-electron chi connectivity index (χ2n) is 7.16. The Morgan fingerprint density at radius 1 is 0.412 bits per heavy atom. The zero-order valence-corrected chi connectivity index (χ0v) is 19.3. The molecular formula is C27H21AlN3O3. The Kier molecular flexibility index (Phi) is 8.36. The molecule has 7 heteroatoms. The van der Waals surface area contributed by atoms with Gasteiger partial charge < -0.3 is 15.3 Å². The summed E-state index contributed by atoms with van der Waals surface area (Å²) < 4.78 is 0. The van der Waals surface area contributed by atoms with Gasteiger partial charge in [-0.2, -0.15) is 0 Å². The van der Waals surface area contributed by atoms with E-state index in [9.17, 15) is 0 Å². The number of para-hydroxylation sites is 3. The summed E-state index contributed by atoms with van der Waals surface area (Å²) >= 11 is 0. The average molecular weight is 462 g/mol. The fourth-order valence-electron chi connectivity index (χ4n) is 3.18. The number of nitrogens with zero attached hydrogens (tertiary/aromatic N) is 3. The lowest BCUT2D eigenvalue weighted by molar-refractivity contribution is 0.473. The second kappa shape index (κ2) is 11.6. The van der Waals surface area contributed by atoms with Crippen LogP contribution in [0.3, 0.4) is 0 Å². The Bertz CT molecular complexity index is 1340. The molecule has 6 aromatic rings. The molecule has 0 bridgehead atoms. The van der Waals surface area contributed by atoms with Crippen LogP contribution < -0.4 is 0 Å². The number of aromatic nitrogens is 3. The van der Waals surface area contributed by atoms with Gasteiger partial charge in [-0.05, 0) is 36.4 Å². The highest BCUT2D eigenvalue weighted by Gasteiger charge is 1.94. The van der Waals surface area contributed by atoms with E-state index in [1.54, 1.807) is 18.2 Å². The van der Waals surface area contributed by atoms with E-state index in [1.165, 1.54) is 18.6 Å². The number of benzene rings is 3. The molecule has 6 nitrogen and oxygen atoms in total. The highest BCUT2D eigenvalue weighted by atomic mass is 27.0. The summed E-state index contributed by atoms with van der Waals surface area (Å²) in [5, 5.41) is 30.1. The highest BCUT2D eigenvalue weighted by molar-refractivity contribution is 5.80. The zero-order chi connectivity index (χ0) is 23.0. The fourth-order valence-corrected chi connectivity index (χ4v) is 3.18. The maximum atomic E-state index is 9.07. The minimum atomic E-state index is 0. The van der Waals surface area contributed by atoms with Gasteiger partial charge in [0, 0.05) is 33.5 Å². The Hall–Kier alpha value is -4.18. The van der Waals surface area contributed by atoms with Crippen molar-refractivity contribution in [2.24, 2.45) is 0 Å². The standard InChI is InChI=1S/3C9H7NO.Al/c3*11-8-5-7-3-1-2-4-9(7)10-6-8;/h3*1-6,11H;. The first-order valence-electron chi connectivity index (χ1n) is 10.2. The minimum absolute atomic E-state index is 0. The molecule has 6 rings (SSSR count). The maximum Gasteiger partial charge on any atom is 0.134 e. The van der Waals surface area contributed by atoms with Gasteiger partial charge in [0.2, 0.25) is 0 Å². The highest BCUT2D eigenvalue weighted by Crippen LogP contribution is 2.17. The summed E-state index contributed by atoms with van der Waals surface area (Å²) in [6.45, 7) is 0. The van der Waals surface area contributed by atoms with Gasteiger partial charge in [0.25, 0.3) is 0 Å². The molecule has 0 fully saturated rings. The van der Waals surface area contributed by atoms with Crippen molar-refractivity contribution in [2.45, 2.75) is 0 Å². The number of pyridine rings is 3. The van der Waals surface area contributed by atoms with Crippen LogP contribution in [0.5, 0.6) is 17.2 Å². The summed E-state index contributed by atoms with van der Waals surface area (Å²) in [4.78, 5) is 12.1. The van der Waals surface area contributed by atoms with Crippen LogP contribution >= 0.6 is 0 Å². The topological polar surface area (TPSA) is 99.4 Å². The van der Waals surface area contributed by atoms with E-state index in [0.717, 1.165) is 32.7 Å². The van der Waals surface area contributed by atoms with Crippen LogP contribution in [-0.2, 0) is 0 Å². The summed E-state index contributed by atoms with van der Waals surface area (Å²) in [7, 11) is 0. The van der Waals surface area contributed by atoms with Crippen molar-refractivity contribution in [2.75, 3.05) is 0 Å². The van der Waals surface area contributed by atoms with Crippen molar-refractivity contribution >= 4 is 50.1 Å². The summed E-state index contributed by atoms with van der Waals surface area (Å²) in [5.74, 6) is 0.635. The molecule has 0 aliphatic heterocycles. The van der Waals surface area contributed by atoms with Gasteiger partial charge in [-0.1, -0.05) is 54.6 Å². The van der Waals surface area contributed by atoms with Crippen molar-refractivity contribution in [3.05, 3.63) is 110 Å². The Morgan fingerprint density at radius 3 is 0.971 bits per heavy atom. The fraction of sp³-hybridized carbons (Fsp3) is 0. The molecule has 0 amide bonds. The molecule has 3 aromatic heterocycles. The van der Waals surface area contributed by atoms with Crippen LogP contribution in [0, 0.1) is 0 Å². The molecule has 34 heavy (non-hydrogen) atoms. The normalized spacial score (nSPS) is 9.88. The number of hydrogen-bond acceptors (Lipinski definition) is 6. The Morgan fingerprint density at radius 2 is 0.676 bits per heavy atom. The van der Waals surface area contributed by atoms with Crippen molar-refractivity contribution < 1.29 is 15.3 Å². The third kappa shape index (κ3) is 6.42. The quantitative estimate of drug-likeness (QED) is 0.260. The lowest BCUT2D eigenvalue weighted by Crippen LogP contribution is -1.75. The summed E-state index contributed by atoms with van der Waals surface area (Å²) in [5.41, 5.74) is 2.72. The van der Waals surface area contributed by atoms with E-state index >= 15 is 0 Å². The Labute approximate surface area is 207 Å². The van der Waals surface area contributed by atoms with Crippen LogP contribution in [0.25, 0.3) is 32.7 Å². The van der Waals surface area contributed by atoms with E-state index in [4.69, 9.17) is 15.3 Å². The van der Waals surface area contributed by atoms with Crippen LogP contribution in [-0.4, -0.2) is 47.6 Å². The molecule has 3 N–H and O–H groups in total. The van der Waals surface area contributed by atoms with Crippen LogP contribution in [0.1, 0.15) is 0 Å². The molecule has 0 aliphatic rings. The second-order valence-corrected chi connectivity index (χ2v) is 7.16. The smallest absolute Gasteiger partial charge is 0.134 e. The Balaban J connectivity index is 0.000000141. The molecule has 0 saturated carbocycles. The lowest BCUT2D eigenvalue weighted by atomic mass is 10.2. The molecule has 165 valence electrons. The SMILES string of the molecule is Oc1cnc2ccccc2c1.Oc1cnc2ccccc2c1.Oc1cnc2ccccc2c1.[Al]. The maximum absolute atomic E-state index is 9.07. The first-order chi connectivity index (χ1) is 16.1. The number of rotatable bonds is 0. The molecule has 3 aromatic carbocycles. The predicted molar refractivity (Wildman–Crippen MR) is 136 cm³/mol. The van der Waals surface area contributed by atoms with Crippen molar-refractivity contribution in [3.8, 4) is 17.2 Å². The lowest BCUT2D eigenvalue weighted by Gasteiger charge is -1.95. The molecule has 3 radical (unpaired) electrons. The van der Waals surface area contributed by atoms with Gasteiger partial charge in [-0.25, -0.2) is 0 Å². The zero-order valence-electron chi connectivity index (χ0n) is 18.2. The van der Waals surface area contributed by atoms with Gasteiger partial charge in [0.15, 0.2) is 0 Å². The van der Waals surface area contributed by atoms with E-state index < -0.39 is 0 Å². The number of fused-ring (bicyclic) bond motifs is 3. The largest absolute Gasteiger partial charge is 0.506 e. The van der Waals surface area contributed by atoms with Gasteiger partial charge >= 0.3 is 0 Å². The molecule has 3 heterocycles. The van der Waals surface area contributed by atoms with E-state index in [-0.39, 0.29) is 34.6 Å². The number of aromatic hydroxyl groups is 3. The average Bonchev–Trinajstić information content (AvgIpc) is 2.84. The van der Waals surface area contributed by atoms with Crippen LogP contribution in [0.2, 0.25) is 0 Å². The minimum Gasteiger partial charge on any atom is -0.506 e. The predicted octanol–water partition coefficient (Wildman–Crippen LogP) is 5.44. The van der Waals surface area contributed by atoms with Crippen molar-refractivity contribution in [1.29, 1.82) is 0 Å². The third-order valence-corrected chi connectivity index (χ3v) is 4.73. The van der Waals surface area contributed by atoms with Gasteiger partial charge in [-0.15, -0.1) is 0 Å². The van der Waals surface area contributed by atoms with E-state index in [1.807, 2.05) is 72.8 Å². The van der Waals surface area contributed by atoms with E-state index in [2.05, 4.69) is 15.0 Å². The van der Waals surface area contributed by atoms with E-state index in [0.29, 0.717) is 0 Å². The van der Waals surface area contributed by atoms with Gasteiger partial charge in [0.05, 0.1) is 35.1 Å². The number of hydrogen-bond donors (Lipinski definition) is 3.